The highest BCUT2D eigenvalue weighted by Crippen LogP contribution is 2.13. The Balaban J connectivity index is 1.70. The summed E-state index contributed by atoms with van der Waals surface area (Å²) < 4.78 is 7.52. The molecule has 3 unspecified atom stereocenters. The van der Waals surface area contributed by atoms with E-state index in [9.17, 15) is 0 Å². The zero-order chi connectivity index (χ0) is 11.4. The first-order chi connectivity index (χ1) is 7.75. The number of hydrogen-bond donors (Lipinski definition) is 1. The Morgan fingerprint density at radius 1 is 1.62 bits per heavy atom. The number of rotatable bonds is 5. The fraction of sp³-hybridized carbons (Fsp3) is 0.750. The molecule has 4 nitrogen and oxygen atoms in total. The largest absolute Gasteiger partial charge is 0.377 e. The van der Waals surface area contributed by atoms with Gasteiger partial charge in [0.25, 0.3) is 0 Å². The van der Waals surface area contributed by atoms with E-state index in [1.54, 1.807) is 0 Å². The Morgan fingerprint density at radius 3 is 3.12 bits per heavy atom. The first-order valence-electron chi connectivity index (χ1n) is 6.11. The zero-order valence-corrected chi connectivity index (χ0v) is 10.1. The topological polar surface area (TPSA) is 39.1 Å². The lowest BCUT2D eigenvalue weighted by Crippen LogP contribution is -2.41. The third kappa shape index (κ3) is 3.06. The average Bonchev–Trinajstić information content (AvgIpc) is 2.88. The Hall–Kier alpha value is -0.870. The van der Waals surface area contributed by atoms with Crippen LogP contribution in [0, 0.1) is 0 Å². The maximum Gasteiger partial charge on any atom is 0.0700 e. The van der Waals surface area contributed by atoms with Crippen molar-refractivity contribution in [1.82, 2.24) is 15.1 Å². The summed E-state index contributed by atoms with van der Waals surface area (Å²) in [6.45, 7) is 6.24. The summed E-state index contributed by atoms with van der Waals surface area (Å²) in [6.07, 6.45) is 6.42. The monoisotopic (exact) mass is 223 g/mol. The quantitative estimate of drug-likeness (QED) is 0.820. The molecule has 0 aromatic carbocycles. The van der Waals surface area contributed by atoms with Gasteiger partial charge >= 0.3 is 0 Å². The van der Waals surface area contributed by atoms with E-state index in [4.69, 9.17) is 4.74 Å². The first-order valence-corrected chi connectivity index (χ1v) is 6.11. The van der Waals surface area contributed by atoms with Crippen LogP contribution in [0.2, 0.25) is 0 Å². The van der Waals surface area contributed by atoms with Gasteiger partial charge in [-0.1, -0.05) is 0 Å². The molecule has 1 aromatic rings. The number of aromatic nitrogens is 2. The van der Waals surface area contributed by atoms with Crippen molar-refractivity contribution >= 4 is 0 Å². The van der Waals surface area contributed by atoms with E-state index in [1.165, 1.54) is 0 Å². The molecule has 1 aliphatic rings. The van der Waals surface area contributed by atoms with Crippen molar-refractivity contribution in [2.24, 2.45) is 0 Å². The molecule has 16 heavy (non-hydrogen) atoms. The first kappa shape index (κ1) is 11.6. The molecule has 2 heterocycles. The summed E-state index contributed by atoms with van der Waals surface area (Å²) in [4.78, 5) is 0. The lowest BCUT2D eigenvalue weighted by atomic mass is 10.1. The van der Waals surface area contributed by atoms with Crippen molar-refractivity contribution in [2.75, 3.05) is 6.61 Å². The molecular formula is C12H21N3O. The van der Waals surface area contributed by atoms with E-state index in [0.717, 1.165) is 26.0 Å². The highest BCUT2D eigenvalue weighted by atomic mass is 16.5. The van der Waals surface area contributed by atoms with E-state index >= 15 is 0 Å². The second-order valence-corrected chi connectivity index (χ2v) is 4.60. The molecule has 2 rings (SSSR count). The third-order valence-electron chi connectivity index (χ3n) is 3.23. The van der Waals surface area contributed by atoms with Gasteiger partial charge in [-0.3, -0.25) is 4.68 Å². The van der Waals surface area contributed by atoms with E-state index in [0.29, 0.717) is 18.2 Å². The molecule has 1 saturated heterocycles. The third-order valence-corrected chi connectivity index (χ3v) is 3.23. The fourth-order valence-corrected chi connectivity index (χ4v) is 2.16. The summed E-state index contributed by atoms with van der Waals surface area (Å²) in [5, 5.41) is 7.82. The molecule has 3 atom stereocenters. The van der Waals surface area contributed by atoms with Crippen LogP contribution in [0.1, 0.15) is 26.7 Å². The van der Waals surface area contributed by atoms with Crippen molar-refractivity contribution < 1.29 is 4.74 Å². The molecule has 0 saturated carbocycles. The van der Waals surface area contributed by atoms with Gasteiger partial charge < -0.3 is 10.1 Å². The number of nitrogens with zero attached hydrogens (tertiary/aromatic N) is 2. The Labute approximate surface area is 97.0 Å². The predicted octanol–water partition coefficient (Wildman–Crippen LogP) is 1.43. The Kier molecular flexibility index (Phi) is 3.96. The molecule has 0 amide bonds. The molecular weight excluding hydrogens is 202 g/mol. The van der Waals surface area contributed by atoms with Gasteiger partial charge in [-0.05, 0) is 32.8 Å². The highest BCUT2D eigenvalue weighted by molar-refractivity contribution is 4.82. The smallest absolute Gasteiger partial charge is 0.0700 e. The van der Waals surface area contributed by atoms with Crippen molar-refractivity contribution in [3.05, 3.63) is 18.5 Å². The molecule has 0 spiro atoms. The lowest BCUT2D eigenvalue weighted by Gasteiger charge is -2.21. The zero-order valence-electron chi connectivity index (χ0n) is 10.1. The normalized spacial score (nSPS) is 27.1. The number of nitrogens with one attached hydrogen (secondary N) is 1. The Morgan fingerprint density at radius 2 is 2.50 bits per heavy atom. The number of hydrogen-bond acceptors (Lipinski definition) is 3. The number of ether oxygens (including phenoxy) is 1. The van der Waals surface area contributed by atoms with Crippen molar-refractivity contribution in [2.45, 2.75) is 51.4 Å². The summed E-state index contributed by atoms with van der Waals surface area (Å²) in [5.41, 5.74) is 0. The van der Waals surface area contributed by atoms with Crippen LogP contribution in [0.25, 0.3) is 0 Å². The van der Waals surface area contributed by atoms with Gasteiger partial charge in [0, 0.05) is 37.6 Å². The Bertz CT molecular complexity index is 299. The maximum atomic E-state index is 5.54. The van der Waals surface area contributed by atoms with Crippen LogP contribution >= 0.6 is 0 Å². The highest BCUT2D eigenvalue weighted by Gasteiger charge is 2.24. The standard InChI is InChI=1S/C12H21N3O/c1-10(4-8-15-7-3-6-13-15)14-12-5-9-16-11(12)2/h3,6-7,10-12,14H,4-5,8-9H2,1-2H3. The molecule has 0 bridgehead atoms. The van der Waals surface area contributed by atoms with E-state index in [-0.39, 0.29) is 0 Å². The van der Waals surface area contributed by atoms with Crippen LogP contribution in [-0.4, -0.2) is 34.6 Å². The van der Waals surface area contributed by atoms with E-state index < -0.39 is 0 Å². The average molecular weight is 223 g/mol. The summed E-state index contributed by atoms with van der Waals surface area (Å²) in [5.74, 6) is 0. The lowest BCUT2D eigenvalue weighted by molar-refractivity contribution is 0.111. The SMILES string of the molecule is CC(CCn1cccn1)NC1CCOC1C. The molecule has 1 fully saturated rings. The molecule has 0 radical (unpaired) electrons. The van der Waals surface area contributed by atoms with Crippen LogP contribution in [0.5, 0.6) is 0 Å². The van der Waals surface area contributed by atoms with Crippen LogP contribution in [-0.2, 0) is 11.3 Å². The van der Waals surface area contributed by atoms with Crippen LogP contribution in [0.15, 0.2) is 18.5 Å². The van der Waals surface area contributed by atoms with Gasteiger partial charge in [-0.25, -0.2) is 0 Å². The summed E-state index contributed by atoms with van der Waals surface area (Å²) in [6, 6.07) is 3.00. The molecule has 4 heteroatoms. The molecule has 1 aliphatic heterocycles. The van der Waals surface area contributed by atoms with Crippen molar-refractivity contribution in [3.8, 4) is 0 Å². The second kappa shape index (κ2) is 5.46. The summed E-state index contributed by atoms with van der Waals surface area (Å²) in [7, 11) is 0. The van der Waals surface area contributed by atoms with Crippen LogP contribution in [0.4, 0.5) is 0 Å². The predicted molar refractivity (Wildman–Crippen MR) is 63.3 cm³/mol. The van der Waals surface area contributed by atoms with Gasteiger partial charge in [0.15, 0.2) is 0 Å². The van der Waals surface area contributed by atoms with E-state index in [1.807, 2.05) is 23.1 Å². The molecule has 1 N–H and O–H groups in total. The van der Waals surface area contributed by atoms with Gasteiger partial charge in [0.1, 0.15) is 0 Å². The van der Waals surface area contributed by atoms with Crippen molar-refractivity contribution in [1.29, 1.82) is 0 Å². The van der Waals surface area contributed by atoms with Crippen LogP contribution in [0.3, 0.4) is 0 Å². The minimum Gasteiger partial charge on any atom is -0.377 e. The van der Waals surface area contributed by atoms with Gasteiger partial charge in [0.05, 0.1) is 6.10 Å². The molecule has 90 valence electrons. The summed E-state index contributed by atoms with van der Waals surface area (Å²) >= 11 is 0. The van der Waals surface area contributed by atoms with Gasteiger partial charge in [-0.15, -0.1) is 0 Å². The van der Waals surface area contributed by atoms with Crippen molar-refractivity contribution in [3.63, 3.8) is 0 Å². The molecule has 1 aromatic heterocycles. The molecule has 0 aliphatic carbocycles. The van der Waals surface area contributed by atoms with Gasteiger partial charge in [0.2, 0.25) is 0 Å². The minimum absolute atomic E-state index is 0.354. The van der Waals surface area contributed by atoms with Gasteiger partial charge in [-0.2, -0.15) is 5.10 Å². The minimum atomic E-state index is 0.354. The maximum absolute atomic E-state index is 5.54. The number of aryl methyl sites for hydroxylation is 1. The van der Waals surface area contributed by atoms with Crippen LogP contribution < -0.4 is 5.32 Å². The fourth-order valence-electron chi connectivity index (χ4n) is 2.16. The second-order valence-electron chi connectivity index (χ2n) is 4.60. The van der Waals surface area contributed by atoms with E-state index in [2.05, 4.69) is 24.3 Å².